The van der Waals surface area contributed by atoms with E-state index in [-0.39, 0.29) is 11.4 Å². The van der Waals surface area contributed by atoms with E-state index in [0.717, 1.165) is 31.9 Å². The molecule has 0 amide bonds. The number of rotatable bonds is 3. The lowest BCUT2D eigenvalue weighted by Crippen LogP contribution is -2.46. The Morgan fingerprint density at radius 1 is 1.08 bits per heavy atom. The highest BCUT2D eigenvalue weighted by Crippen LogP contribution is 2.18. The normalized spacial score (nSPS) is 15.5. The number of H-pyrrole nitrogens is 1. The molecule has 0 bridgehead atoms. The molecule has 7 heteroatoms. The lowest BCUT2D eigenvalue weighted by molar-refractivity contribution is 0.244. The molecular formula is C19H18ClFN4O. The van der Waals surface area contributed by atoms with Crippen LogP contribution in [0.5, 0.6) is 0 Å². The van der Waals surface area contributed by atoms with Crippen molar-refractivity contribution in [2.75, 3.05) is 31.1 Å². The molecule has 1 saturated heterocycles. The average molecular weight is 373 g/mol. The Morgan fingerprint density at radius 2 is 1.81 bits per heavy atom. The van der Waals surface area contributed by atoms with Crippen molar-refractivity contribution in [1.82, 2.24) is 14.9 Å². The van der Waals surface area contributed by atoms with Crippen molar-refractivity contribution in [3.63, 3.8) is 0 Å². The first-order chi connectivity index (χ1) is 12.6. The Balaban J connectivity index is 1.44. The summed E-state index contributed by atoms with van der Waals surface area (Å²) in [6, 6.07) is 11.7. The molecule has 0 unspecified atom stereocenters. The third kappa shape index (κ3) is 3.57. The molecule has 1 fully saturated rings. The Morgan fingerprint density at radius 3 is 2.54 bits per heavy atom. The van der Waals surface area contributed by atoms with Crippen molar-refractivity contribution < 1.29 is 4.39 Å². The molecule has 0 spiro atoms. The van der Waals surface area contributed by atoms with Gasteiger partial charge in [-0.15, -0.1) is 0 Å². The van der Waals surface area contributed by atoms with Gasteiger partial charge in [-0.3, -0.25) is 9.69 Å². The van der Waals surface area contributed by atoms with Gasteiger partial charge in [-0.25, -0.2) is 9.37 Å². The minimum absolute atomic E-state index is 0.169. The summed E-state index contributed by atoms with van der Waals surface area (Å²) in [6.07, 6.45) is 0. The topological polar surface area (TPSA) is 52.2 Å². The van der Waals surface area contributed by atoms with Crippen LogP contribution < -0.4 is 10.5 Å². The third-order valence-corrected chi connectivity index (χ3v) is 4.89. The fourth-order valence-corrected chi connectivity index (χ4v) is 3.43. The Bertz CT molecular complexity index is 981. The Kier molecular flexibility index (Phi) is 4.61. The second-order valence-electron chi connectivity index (χ2n) is 6.41. The van der Waals surface area contributed by atoms with Crippen molar-refractivity contribution in [3.05, 3.63) is 69.5 Å². The first kappa shape index (κ1) is 17.0. The molecule has 5 nitrogen and oxygen atoms in total. The number of piperazine rings is 1. The van der Waals surface area contributed by atoms with E-state index in [0.29, 0.717) is 28.3 Å². The standard InChI is InChI=1S/C19H18ClFN4O/c20-13-1-6-17-16(11-13)19(26)23-18(22-17)12-24-7-9-25(10-8-24)15-4-2-14(21)3-5-15/h1-6,11H,7-10,12H2,(H,22,23,26). The van der Waals surface area contributed by atoms with E-state index >= 15 is 0 Å². The summed E-state index contributed by atoms with van der Waals surface area (Å²) in [5.41, 5.74) is 1.51. The first-order valence-electron chi connectivity index (χ1n) is 8.50. The van der Waals surface area contributed by atoms with Crippen molar-refractivity contribution in [2.24, 2.45) is 0 Å². The van der Waals surface area contributed by atoms with Crippen molar-refractivity contribution in [2.45, 2.75) is 6.54 Å². The van der Waals surface area contributed by atoms with Gasteiger partial charge in [0.2, 0.25) is 0 Å². The molecule has 0 saturated carbocycles. The van der Waals surface area contributed by atoms with Crippen LogP contribution in [-0.4, -0.2) is 41.0 Å². The van der Waals surface area contributed by atoms with Crippen LogP contribution in [0.15, 0.2) is 47.3 Å². The molecule has 4 rings (SSSR count). The number of anilines is 1. The Hall–Kier alpha value is -2.44. The van der Waals surface area contributed by atoms with E-state index in [4.69, 9.17) is 11.6 Å². The quantitative estimate of drug-likeness (QED) is 0.767. The zero-order chi connectivity index (χ0) is 18.1. The summed E-state index contributed by atoms with van der Waals surface area (Å²) in [5.74, 6) is 0.431. The number of nitrogens with zero attached hydrogens (tertiary/aromatic N) is 3. The third-order valence-electron chi connectivity index (χ3n) is 4.65. The van der Waals surface area contributed by atoms with Gasteiger partial charge in [-0.05, 0) is 42.5 Å². The van der Waals surface area contributed by atoms with Crippen molar-refractivity contribution in [1.29, 1.82) is 0 Å². The van der Waals surface area contributed by atoms with Gasteiger partial charge in [0, 0.05) is 36.9 Å². The summed E-state index contributed by atoms with van der Waals surface area (Å²) < 4.78 is 13.1. The number of aromatic nitrogens is 2. The van der Waals surface area contributed by atoms with E-state index in [1.165, 1.54) is 12.1 Å². The van der Waals surface area contributed by atoms with Gasteiger partial charge in [0.15, 0.2) is 0 Å². The fourth-order valence-electron chi connectivity index (χ4n) is 3.26. The highest BCUT2D eigenvalue weighted by Gasteiger charge is 2.18. The minimum Gasteiger partial charge on any atom is -0.369 e. The number of halogens is 2. The molecule has 134 valence electrons. The van der Waals surface area contributed by atoms with Crippen LogP contribution >= 0.6 is 11.6 Å². The van der Waals surface area contributed by atoms with Crippen LogP contribution in [0.3, 0.4) is 0 Å². The summed E-state index contributed by atoms with van der Waals surface area (Å²) in [5, 5.41) is 1.02. The van der Waals surface area contributed by atoms with Gasteiger partial charge in [0.05, 0.1) is 17.4 Å². The van der Waals surface area contributed by atoms with Crippen LogP contribution in [0.4, 0.5) is 10.1 Å². The van der Waals surface area contributed by atoms with Gasteiger partial charge >= 0.3 is 0 Å². The molecule has 0 atom stereocenters. The molecule has 26 heavy (non-hydrogen) atoms. The zero-order valence-electron chi connectivity index (χ0n) is 14.1. The molecule has 1 aromatic heterocycles. The second-order valence-corrected chi connectivity index (χ2v) is 6.85. The van der Waals surface area contributed by atoms with E-state index in [9.17, 15) is 9.18 Å². The zero-order valence-corrected chi connectivity index (χ0v) is 14.8. The first-order valence-corrected chi connectivity index (χ1v) is 8.87. The van der Waals surface area contributed by atoms with Gasteiger partial charge in [0.1, 0.15) is 11.6 Å². The maximum Gasteiger partial charge on any atom is 0.258 e. The van der Waals surface area contributed by atoms with Gasteiger partial charge in [-0.2, -0.15) is 0 Å². The van der Waals surface area contributed by atoms with Gasteiger partial charge in [0.25, 0.3) is 5.56 Å². The number of fused-ring (bicyclic) bond motifs is 1. The molecule has 1 aliphatic heterocycles. The number of benzene rings is 2. The second kappa shape index (κ2) is 7.05. The molecule has 0 radical (unpaired) electrons. The molecule has 2 heterocycles. The van der Waals surface area contributed by atoms with E-state index in [1.807, 2.05) is 0 Å². The molecule has 1 N–H and O–H groups in total. The Labute approximate surface area is 155 Å². The molecule has 0 aliphatic carbocycles. The number of nitrogens with one attached hydrogen (secondary N) is 1. The fraction of sp³-hybridized carbons (Fsp3) is 0.263. The molecule has 1 aliphatic rings. The lowest BCUT2D eigenvalue weighted by Gasteiger charge is -2.35. The van der Waals surface area contributed by atoms with E-state index in [1.54, 1.807) is 30.3 Å². The maximum absolute atomic E-state index is 13.1. The number of aromatic amines is 1. The highest BCUT2D eigenvalue weighted by atomic mass is 35.5. The summed E-state index contributed by atoms with van der Waals surface area (Å²) in [6.45, 7) is 3.97. The van der Waals surface area contributed by atoms with Crippen molar-refractivity contribution in [3.8, 4) is 0 Å². The predicted molar refractivity (Wildman–Crippen MR) is 101 cm³/mol. The molecular weight excluding hydrogens is 355 g/mol. The van der Waals surface area contributed by atoms with Crippen LogP contribution in [0, 0.1) is 5.82 Å². The molecule has 2 aromatic carbocycles. The van der Waals surface area contributed by atoms with Gasteiger partial charge in [-0.1, -0.05) is 11.6 Å². The van der Waals surface area contributed by atoms with Gasteiger partial charge < -0.3 is 9.88 Å². The van der Waals surface area contributed by atoms with Crippen LogP contribution in [0.2, 0.25) is 5.02 Å². The molecule has 3 aromatic rings. The maximum atomic E-state index is 13.1. The smallest absolute Gasteiger partial charge is 0.258 e. The number of hydrogen-bond donors (Lipinski definition) is 1. The summed E-state index contributed by atoms with van der Waals surface area (Å²) in [7, 11) is 0. The van der Waals surface area contributed by atoms with Crippen LogP contribution in [-0.2, 0) is 6.54 Å². The monoisotopic (exact) mass is 372 g/mol. The van der Waals surface area contributed by atoms with Crippen molar-refractivity contribution >= 4 is 28.2 Å². The largest absolute Gasteiger partial charge is 0.369 e. The highest BCUT2D eigenvalue weighted by molar-refractivity contribution is 6.31. The van der Waals surface area contributed by atoms with E-state index in [2.05, 4.69) is 19.8 Å². The van der Waals surface area contributed by atoms with Crippen LogP contribution in [0.25, 0.3) is 10.9 Å². The van der Waals surface area contributed by atoms with Crippen LogP contribution in [0.1, 0.15) is 5.82 Å². The van der Waals surface area contributed by atoms with E-state index < -0.39 is 0 Å². The summed E-state index contributed by atoms with van der Waals surface area (Å²) >= 11 is 5.94. The average Bonchev–Trinajstić information content (AvgIpc) is 2.64. The number of hydrogen-bond acceptors (Lipinski definition) is 4. The SMILES string of the molecule is O=c1[nH]c(CN2CCN(c3ccc(F)cc3)CC2)nc2ccc(Cl)cc12. The lowest BCUT2D eigenvalue weighted by atomic mass is 10.2. The predicted octanol–water partition coefficient (Wildman–Crippen LogP) is 3.04. The summed E-state index contributed by atoms with van der Waals surface area (Å²) in [4.78, 5) is 24.1. The minimum atomic E-state index is -0.222.